The highest BCUT2D eigenvalue weighted by molar-refractivity contribution is 14.1. The molecule has 0 heterocycles. The van der Waals surface area contributed by atoms with E-state index in [2.05, 4.69) is 51.3 Å². The van der Waals surface area contributed by atoms with Crippen LogP contribution in [0.15, 0.2) is 12.1 Å². The Bertz CT molecular complexity index is 320. The maximum Gasteiger partial charge on any atom is 0.142 e. The summed E-state index contributed by atoms with van der Waals surface area (Å²) in [7, 11) is 0. The van der Waals surface area contributed by atoms with Crippen LogP contribution in [-0.2, 0) is 6.42 Å². The van der Waals surface area contributed by atoms with Gasteiger partial charge in [-0.25, -0.2) is 0 Å². The fraction of sp³-hybridized carbons (Fsp3) is 0.125. The zero-order valence-corrected chi connectivity index (χ0v) is 10.3. The third kappa shape index (κ3) is 2.23. The van der Waals surface area contributed by atoms with Crippen molar-refractivity contribution in [1.29, 1.82) is 5.26 Å². The quantitative estimate of drug-likeness (QED) is 0.756. The van der Waals surface area contributed by atoms with Crippen LogP contribution in [0.1, 0.15) is 5.56 Å². The molecule has 12 heavy (non-hydrogen) atoms. The van der Waals surface area contributed by atoms with Crippen LogP contribution in [0.5, 0.6) is 5.75 Å². The third-order valence-corrected chi connectivity index (χ3v) is 3.00. The lowest BCUT2D eigenvalue weighted by Crippen LogP contribution is -1.86. The van der Waals surface area contributed by atoms with Crippen molar-refractivity contribution in [3.05, 3.63) is 24.8 Å². The number of halogens is 2. The summed E-state index contributed by atoms with van der Waals surface area (Å²) in [4.78, 5) is 0. The number of benzene rings is 1. The summed E-state index contributed by atoms with van der Waals surface area (Å²) in [6.45, 7) is 0. The summed E-state index contributed by atoms with van der Waals surface area (Å²) < 4.78 is 1.59. The molecule has 62 valence electrons. The van der Waals surface area contributed by atoms with E-state index in [9.17, 15) is 5.11 Å². The van der Waals surface area contributed by atoms with E-state index in [0.29, 0.717) is 12.2 Å². The van der Waals surface area contributed by atoms with Crippen LogP contribution in [-0.4, -0.2) is 5.11 Å². The third-order valence-electron chi connectivity index (χ3n) is 1.36. The number of rotatable bonds is 1. The molecule has 0 aliphatic rings. The summed E-state index contributed by atoms with van der Waals surface area (Å²) >= 11 is 4.10. The van der Waals surface area contributed by atoms with E-state index in [4.69, 9.17) is 5.26 Å². The van der Waals surface area contributed by atoms with Crippen LogP contribution >= 0.6 is 45.2 Å². The van der Waals surface area contributed by atoms with Gasteiger partial charge in [0.2, 0.25) is 0 Å². The van der Waals surface area contributed by atoms with E-state index in [1.807, 2.05) is 12.1 Å². The minimum atomic E-state index is 0.304. The Balaban J connectivity index is 3.14. The molecule has 0 unspecified atom stereocenters. The minimum absolute atomic E-state index is 0.304. The van der Waals surface area contributed by atoms with E-state index >= 15 is 0 Å². The van der Waals surface area contributed by atoms with Gasteiger partial charge in [-0.3, -0.25) is 0 Å². The number of nitriles is 1. The van der Waals surface area contributed by atoms with Crippen molar-refractivity contribution in [3.8, 4) is 11.8 Å². The van der Waals surface area contributed by atoms with E-state index in [0.717, 1.165) is 12.7 Å². The fourth-order valence-corrected chi connectivity index (χ4v) is 2.71. The molecule has 0 bridgehead atoms. The van der Waals surface area contributed by atoms with Crippen LogP contribution in [0, 0.1) is 18.5 Å². The molecule has 1 aromatic rings. The molecule has 0 radical (unpaired) electrons. The second kappa shape index (κ2) is 4.28. The highest BCUT2D eigenvalue weighted by Crippen LogP contribution is 2.27. The minimum Gasteiger partial charge on any atom is -0.506 e. The van der Waals surface area contributed by atoms with Crippen molar-refractivity contribution in [1.82, 2.24) is 0 Å². The van der Waals surface area contributed by atoms with Gasteiger partial charge in [0.1, 0.15) is 5.75 Å². The van der Waals surface area contributed by atoms with Gasteiger partial charge in [-0.2, -0.15) is 5.26 Å². The number of phenols is 1. The van der Waals surface area contributed by atoms with Gasteiger partial charge in [0.15, 0.2) is 0 Å². The molecule has 0 fully saturated rings. The van der Waals surface area contributed by atoms with Gasteiger partial charge in [0, 0.05) is 0 Å². The molecular weight excluding hydrogens is 380 g/mol. The molecule has 0 aliphatic carbocycles. The number of phenolic OH excluding ortho intramolecular Hbond substituents is 1. The molecule has 0 amide bonds. The maximum atomic E-state index is 9.40. The molecular formula is C8H5I2NO. The summed E-state index contributed by atoms with van der Waals surface area (Å²) in [5.74, 6) is 0.304. The average molecular weight is 385 g/mol. The molecule has 0 aliphatic heterocycles. The SMILES string of the molecule is N#CCc1cc(I)c(O)c(I)c1. The number of hydrogen-bond donors (Lipinski definition) is 1. The first kappa shape index (κ1) is 10.1. The van der Waals surface area contributed by atoms with Gasteiger partial charge < -0.3 is 5.11 Å². The smallest absolute Gasteiger partial charge is 0.142 e. The molecule has 0 atom stereocenters. The first-order chi connectivity index (χ1) is 5.65. The number of aromatic hydroxyl groups is 1. The van der Waals surface area contributed by atoms with Gasteiger partial charge in [0.25, 0.3) is 0 Å². The molecule has 1 rings (SSSR count). The standard InChI is InChI=1S/C8H5I2NO/c9-6-3-5(1-2-11)4-7(10)8(6)12/h3-4,12H,1H2. The van der Waals surface area contributed by atoms with E-state index in [-0.39, 0.29) is 0 Å². The van der Waals surface area contributed by atoms with E-state index in [1.54, 1.807) is 0 Å². The van der Waals surface area contributed by atoms with Gasteiger partial charge >= 0.3 is 0 Å². The van der Waals surface area contributed by atoms with Crippen LogP contribution < -0.4 is 0 Å². The van der Waals surface area contributed by atoms with Crippen LogP contribution in [0.25, 0.3) is 0 Å². The molecule has 4 heteroatoms. The molecule has 0 aromatic heterocycles. The zero-order valence-electron chi connectivity index (χ0n) is 6.01. The maximum absolute atomic E-state index is 9.40. The predicted octanol–water partition coefficient (Wildman–Crippen LogP) is 2.67. The zero-order chi connectivity index (χ0) is 9.14. The van der Waals surface area contributed by atoms with Crippen LogP contribution in [0.4, 0.5) is 0 Å². The van der Waals surface area contributed by atoms with Gasteiger partial charge in [-0.1, -0.05) is 0 Å². The van der Waals surface area contributed by atoms with Gasteiger partial charge in [0.05, 0.1) is 19.6 Å². The van der Waals surface area contributed by atoms with Gasteiger partial charge in [-0.15, -0.1) is 0 Å². The Morgan fingerprint density at radius 2 is 1.83 bits per heavy atom. The van der Waals surface area contributed by atoms with Crippen molar-refractivity contribution in [2.45, 2.75) is 6.42 Å². The Kier molecular flexibility index (Phi) is 3.58. The highest BCUT2D eigenvalue weighted by atomic mass is 127. The summed E-state index contributed by atoms with van der Waals surface area (Å²) in [5, 5.41) is 17.9. The van der Waals surface area contributed by atoms with Crippen molar-refractivity contribution >= 4 is 45.2 Å². The normalized spacial score (nSPS) is 9.42. The van der Waals surface area contributed by atoms with Crippen LogP contribution in [0.2, 0.25) is 0 Å². The average Bonchev–Trinajstić information content (AvgIpc) is 2.01. The molecule has 0 spiro atoms. The van der Waals surface area contributed by atoms with Crippen LogP contribution in [0.3, 0.4) is 0 Å². The first-order valence-electron chi connectivity index (χ1n) is 3.19. The topological polar surface area (TPSA) is 44.0 Å². The lowest BCUT2D eigenvalue weighted by molar-refractivity contribution is 0.467. The number of nitrogens with zero attached hydrogens (tertiary/aromatic N) is 1. The van der Waals surface area contributed by atoms with Crippen molar-refractivity contribution < 1.29 is 5.11 Å². The largest absolute Gasteiger partial charge is 0.506 e. The Morgan fingerprint density at radius 3 is 2.25 bits per heavy atom. The molecule has 0 saturated carbocycles. The van der Waals surface area contributed by atoms with E-state index in [1.165, 1.54) is 0 Å². The highest BCUT2D eigenvalue weighted by Gasteiger charge is 2.04. The van der Waals surface area contributed by atoms with Gasteiger partial charge in [-0.05, 0) is 62.9 Å². The molecule has 0 saturated heterocycles. The van der Waals surface area contributed by atoms with Crippen molar-refractivity contribution in [2.24, 2.45) is 0 Å². The first-order valence-corrected chi connectivity index (χ1v) is 5.34. The summed E-state index contributed by atoms with van der Waals surface area (Å²) in [6.07, 6.45) is 0.395. The Morgan fingerprint density at radius 1 is 1.33 bits per heavy atom. The lowest BCUT2D eigenvalue weighted by atomic mass is 10.2. The predicted molar refractivity (Wildman–Crippen MR) is 62.9 cm³/mol. The van der Waals surface area contributed by atoms with Crippen molar-refractivity contribution in [3.63, 3.8) is 0 Å². The Labute approximate surface area is 97.9 Å². The Hall–Kier alpha value is -0.0300. The molecule has 1 aromatic carbocycles. The molecule has 1 N–H and O–H groups in total. The monoisotopic (exact) mass is 385 g/mol. The second-order valence-corrected chi connectivity index (χ2v) is 4.57. The fourth-order valence-electron chi connectivity index (χ4n) is 0.811. The second-order valence-electron chi connectivity index (χ2n) is 2.24. The summed E-state index contributed by atoms with van der Waals surface area (Å²) in [6, 6.07) is 5.71. The lowest BCUT2D eigenvalue weighted by Gasteiger charge is -2.02. The van der Waals surface area contributed by atoms with E-state index < -0.39 is 0 Å². The summed E-state index contributed by atoms with van der Waals surface area (Å²) in [5.41, 5.74) is 0.948. The number of hydrogen-bond acceptors (Lipinski definition) is 2. The molecule has 2 nitrogen and oxygen atoms in total. The van der Waals surface area contributed by atoms with Crippen molar-refractivity contribution in [2.75, 3.05) is 0 Å².